The van der Waals surface area contributed by atoms with Crippen LogP contribution in [-0.2, 0) is 0 Å². The SMILES string of the molecule is CC1=C(/C=C/C(C)C)CCC/C1=C\C(C)C. The lowest BCUT2D eigenvalue weighted by Crippen LogP contribution is -2.01. The second-order valence-corrected chi connectivity index (χ2v) is 5.54. The van der Waals surface area contributed by atoms with Crippen molar-refractivity contribution in [2.24, 2.45) is 11.8 Å². The van der Waals surface area contributed by atoms with Crippen molar-refractivity contribution in [1.82, 2.24) is 0 Å². The van der Waals surface area contributed by atoms with Gasteiger partial charge in [0.15, 0.2) is 0 Å². The van der Waals surface area contributed by atoms with Gasteiger partial charge in [-0.1, -0.05) is 45.9 Å². The molecule has 0 nitrogen and oxygen atoms in total. The summed E-state index contributed by atoms with van der Waals surface area (Å²) in [6, 6.07) is 0. The Hall–Kier alpha value is -0.780. The molecule has 0 aliphatic heterocycles. The van der Waals surface area contributed by atoms with E-state index in [1.165, 1.54) is 24.8 Å². The summed E-state index contributed by atoms with van der Waals surface area (Å²) >= 11 is 0. The summed E-state index contributed by atoms with van der Waals surface area (Å²) in [5.74, 6) is 1.32. The highest BCUT2D eigenvalue weighted by atomic mass is 14.2. The molecule has 0 aromatic heterocycles. The molecule has 1 aliphatic rings. The van der Waals surface area contributed by atoms with E-state index < -0.39 is 0 Å². The van der Waals surface area contributed by atoms with Gasteiger partial charge in [-0.15, -0.1) is 0 Å². The summed E-state index contributed by atoms with van der Waals surface area (Å²) in [6.45, 7) is 11.3. The molecule has 0 heterocycles. The van der Waals surface area contributed by atoms with Crippen LogP contribution in [0.15, 0.2) is 34.9 Å². The molecule has 0 aromatic rings. The van der Waals surface area contributed by atoms with Crippen molar-refractivity contribution in [3.63, 3.8) is 0 Å². The zero-order chi connectivity index (χ0) is 12.1. The summed E-state index contributed by atoms with van der Waals surface area (Å²) < 4.78 is 0. The van der Waals surface area contributed by atoms with Gasteiger partial charge in [0.25, 0.3) is 0 Å². The van der Waals surface area contributed by atoms with Crippen LogP contribution in [0.1, 0.15) is 53.9 Å². The fraction of sp³-hybridized carbons (Fsp3) is 0.625. The van der Waals surface area contributed by atoms with Gasteiger partial charge in [0.05, 0.1) is 0 Å². The third kappa shape index (κ3) is 4.00. The average Bonchev–Trinajstić information content (AvgIpc) is 2.18. The first-order valence-corrected chi connectivity index (χ1v) is 6.59. The molecule has 0 saturated carbocycles. The molecule has 0 radical (unpaired) electrons. The zero-order valence-electron chi connectivity index (χ0n) is 11.5. The van der Waals surface area contributed by atoms with Crippen LogP contribution in [-0.4, -0.2) is 0 Å². The maximum atomic E-state index is 2.43. The van der Waals surface area contributed by atoms with Crippen LogP contribution >= 0.6 is 0 Å². The summed E-state index contributed by atoms with van der Waals surface area (Å²) in [6.07, 6.45) is 10.9. The molecule has 0 spiro atoms. The number of hydrogen-bond donors (Lipinski definition) is 0. The van der Waals surface area contributed by atoms with Crippen LogP contribution in [0, 0.1) is 11.8 Å². The summed E-state index contributed by atoms with van der Waals surface area (Å²) in [5.41, 5.74) is 4.65. The van der Waals surface area contributed by atoms with Crippen molar-refractivity contribution in [3.05, 3.63) is 34.9 Å². The lowest BCUT2D eigenvalue weighted by molar-refractivity contribution is 0.745. The minimum atomic E-state index is 0.653. The van der Waals surface area contributed by atoms with E-state index in [2.05, 4.69) is 52.8 Å². The topological polar surface area (TPSA) is 0 Å². The third-order valence-corrected chi connectivity index (χ3v) is 3.07. The van der Waals surface area contributed by atoms with Crippen LogP contribution in [0.5, 0.6) is 0 Å². The van der Waals surface area contributed by atoms with Crippen LogP contribution in [0.25, 0.3) is 0 Å². The average molecular weight is 218 g/mol. The molecule has 0 N–H and O–H groups in total. The maximum Gasteiger partial charge on any atom is -0.0273 e. The highest BCUT2D eigenvalue weighted by Gasteiger charge is 2.12. The van der Waals surface area contributed by atoms with Gasteiger partial charge >= 0.3 is 0 Å². The molecule has 0 bridgehead atoms. The Labute approximate surface area is 101 Å². The minimum absolute atomic E-state index is 0.653. The molecule has 0 heteroatoms. The highest BCUT2D eigenvalue weighted by molar-refractivity contribution is 5.41. The van der Waals surface area contributed by atoms with Crippen molar-refractivity contribution in [2.75, 3.05) is 0 Å². The van der Waals surface area contributed by atoms with E-state index >= 15 is 0 Å². The van der Waals surface area contributed by atoms with Gasteiger partial charge in [-0.2, -0.15) is 0 Å². The minimum Gasteiger partial charge on any atom is -0.0817 e. The van der Waals surface area contributed by atoms with Gasteiger partial charge in [0, 0.05) is 0 Å². The molecule has 1 aliphatic carbocycles. The van der Waals surface area contributed by atoms with Crippen molar-refractivity contribution < 1.29 is 0 Å². The molecule has 90 valence electrons. The Balaban J connectivity index is 2.90. The lowest BCUT2D eigenvalue weighted by Gasteiger charge is -2.20. The number of allylic oxidation sites excluding steroid dienone is 6. The number of hydrogen-bond acceptors (Lipinski definition) is 0. The predicted octanol–water partition coefficient (Wildman–Crippen LogP) is 5.28. The quantitative estimate of drug-likeness (QED) is 0.604. The first-order valence-electron chi connectivity index (χ1n) is 6.59. The van der Waals surface area contributed by atoms with Crippen molar-refractivity contribution >= 4 is 0 Å². The Bertz CT molecular complexity index is 311. The third-order valence-electron chi connectivity index (χ3n) is 3.07. The zero-order valence-corrected chi connectivity index (χ0v) is 11.5. The standard InChI is InChI=1S/C16H26/c1-12(2)9-10-15-7-6-8-16(14(15)5)11-13(3)4/h9-13H,6-8H2,1-5H3/b10-9+,16-11+. The van der Waals surface area contributed by atoms with Crippen molar-refractivity contribution in [3.8, 4) is 0 Å². The van der Waals surface area contributed by atoms with Gasteiger partial charge in [0.2, 0.25) is 0 Å². The fourth-order valence-electron chi connectivity index (χ4n) is 2.18. The normalized spacial score (nSPS) is 20.8. The number of rotatable bonds is 3. The van der Waals surface area contributed by atoms with Crippen molar-refractivity contribution in [1.29, 1.82) is 0 Å². The van der Waals surface area contributed by atoms with Crippen LogP contribution < -0.4 is 0 Å². The van der Waals surface area contributed by atoms with Gasteiger partial charge in [-0.05, 0) is 54.7 Å². The van der Waals surface area contributed by atoms with Crippen LogP contribution in [0.3, 0.4) is 0 Å². The second-order valence-electron chi connectivity index (χ2n) is 5.54. The molecule has 0 fully saturated rings. The molecule has 0 atom stereocenters. The second kappa shape index (κ2) is 6.08. The maximum absolute atomic E-state index is 2.43. The van der Waals surface area contributed by atoms with Crippen molar-refractivity contribution in [2.45, 2.75) is 53.9 Å². The molecule has 0 aromatic carbocycles. The first kappa shape index (κ1) is 13.3. The Morgan fingerprint density at radius 1 is 1.00 bits per heavy atom. The van der Waals surface area contributed by atoms with Crippen LogP contribution in [0.4, 0.5) is 0 Å². The lowest BCUT2D eigenvalue weighted by atomic mass is 9.86. The van der Waals surface area contributed by atoms with Crippen LogP contribution in [0.2, 0.25) is 0 Å². The van der Waals surface area contributed by atoms with E-state index in [1.807, 2.05) is 0 Å². The molecular weight excluding hydrogens is 192 g/mol. The smallest absolute Gasteiger partial charge is 0.0273 e. The Morgan fingerprint density at radius 2 is 1.69 bits per heavy atom. The molecule has 1 rings (SSSR count). The molecule has 16 heavy (non-hydrogen) atoms. The fourth-order valence-corrected chi connectivity index (χ4v) is 2.18. The van der Waals surface area contributed by atoms with E-state index in [1.54, 1.807) is 11.1 Å². The van der Waals surface area contributed by atoms with Gasteiger partial charge < -0.3 is 0 Å². The molecular formula is C16H26. The van der Waals surface area contributed by atoms with Gasteiger partial charge in [-0.3, -0.25) is 0 Å². The van der Waals surface area contributed by atoms with E-state index in [9.17, 15) is 0 Å². The largest absolute Gasteiger partial charge is 0.0817 e. The van der Waals surface area contributed by atoms with E-state index in [0.29, 0.717) is 11.8 Å². The van der Waals surface area contributed by atoms with E-state index in [-0.39, 0.29) is 0 Å². The summed E-state index contributed by atoms with van der Waals surface area (Å²) in [7, 11) is 0. The van der Waals surface area contributed by atoms with E-state index in [4.69, 9.17) is 0 Å². The highest BCUT2D eigenvalue weighted by Crippen LogP contribution is 2.31. The van der Waals surface area contributed by atoms with Gasteiger partial charge in [0.1, 0.15) is 0 Å². The Kier molecular flexibility index (Phi) is 5.05. The summed E-state index contributed by atoms with van der Waals surface area (Å²) in [4.78, 5) is 0. The molecule has 0 saturated heterocycles. The molecule has 0 unspecified atom stereocenters. The first-order chi connectivity index (χ1) is 7.50. The van der Waals surface area contributed by atoms with Gasteiger partial charge in [-0.25, -0.2) is 0 Å². The Morgan fingerprint density at radius 3 is 2.25 bits per heavy atom. The predicted molar refractivity (Wildman–Crippen MR) is 73.5 cm³/mol. The molecule has 0 amide bonds. The van der Waals surface area contributed by atoms with E-state index in [0.717, 1.165) is 0 Å². The summed E-state index contributed by atoms with van der Waals surface area (Å²) in [5, 5.41) is 0. The monoisotopic (exact) mass is 218 g/mol.